The summed E-state index contributed by atoms with van der Waals surface area (Å²) in [4.78, 5) is 24.9. The van der Waals surface area contributed by atoms with Gasteiger partial charge in [0, 0.05) is 51.4 Å². The Morgan fingerprint density at radius 2 is 2.26 bits per heavy atom. The van der Waals surface area contributed by atoms with Crippen LogP contribution in [-0.2, 0) is 23.1 Å². The van der Waals surface area contributed by atoms with Crippen LogP contribution in [-0.4, -0.2) is 40.9 Å². The Balaban J connectivity index is 1.76. The summed E-state index contributed by atoms with van der Waals surface area (Å²) in [5, 5.41) is 3.01. The fourth-order valence-corrected chi connectivity index (χ4v) is 2.43. The van der Waals surface area contributed by atoms with Gasteiger partial charge in [-0.1, -0.05) is 0 Å². The molecular formula is C14H21N3O2. The molecule has 0 radical (unpaired) electrons. The average molecular weight is 263 g/mol. The maximum atomic E-state index is 11.9. The molecule has 1 N–H and O–H groups in total. The number of aryl methyl sites for hydroxylation is 2. The summed E-state index contributed by atoms with van der Waals surface area (Å²) in [6.07, 6.45) is 4.50. The third kappa shape index (κ3) is 3.59. The van der Waals surface area contributed by atoms with Gasteiger partial charge < -0.3 is 14.8 Å². The number of carbonyl (C=O) groups is 2. The molecule has 5 nitrogen and oxygen atoms in total. The van der Waals surface area contributed by atoms with E-state index in [0.717, 1.165) is 18.5 Å². The Labute approximate surface area is 113 Å². The number of likely N-dealkylation sites (N-methyl/N-ethyl adjacent to an activating group) is 1. The third-order valence-electron chi connectivity index (χ3n) is 3.65. The molecule has 0 bridgehead atoms. The number of hydrogen-bond donors (Lipinski definition) is 1. The molecule has 2 heterocycles. The standard InChI is InChI=1S/C14H21N3O2/c1-16-9-3-4-12(16)6-7-13(18)15-11-5-8-14(19)17(2)10-11/h3-4,9,11H,5-8,10H2,1-2H3,(H,15,18)/t11-/m0/s1. The van der Waals surface area contributed by atoms with E-state index in [4.69, 9.17) is 0 Å². The predicted molar refractivity (Wildman–Crippen MR) is 72.5 cm³/mol. The van der Waals surface area contributed by atoms with Gasteiger partial charge >= 0.3 is 0 Å². The lowest BCUT2D eigenvalue weighted by atomic mass is 10.1. The minimum Gasteiger partial charge on any atom is -0.354 e. The van der Waals surface area contributed by atoms with E-state index in [1.165, 1.54) is 0 Å². The van der Waals surface area contributed by atoms with Crippen LogP contribution in [0.15, 0.2) is 18.3 Å². The predicted octanol–water partition coefficient (Wildman–Crippen LogP) is 0.695. The minimum atomic E-state index is 0.0638. The largest absolute Gasteiger partial charge is 0.354 e. The first-order chi connectivity index (χ1) is 9.06. The molecule has 0 aliphatic carbocycles. The molecule has 0 spiro atoms. The van der Waals surface area contributed by atoms with Gasteiger partial charge in [-0.05, 0) is 25.0 Å². The number of hydrogen-bond acceptors (Lipinski definition) is 2. The molecule has 1 aliphatic heterocycles. The van der Waals surface area contributed by atoms with Crippen molar-refractivity contribution in [2.24, 2.45) is 7.05 Å². The second-order valence-electron chi connectivity index (χ2n) is 5.19. The van der Waals surface area contributed by atoms with Crippen LogP contribution in [0.4, 0.5) is 0 Å². The highest BCUT2D eigenvalue weighted by atomic mass is 16.2. The van der Waals surface area contributed by atoms with Crippen LogP contribution in [0.25, 0.3) is 0 Å². The van der Waals surface area contributed by atoms with E-state index < -0.39 is 0 Å². The summed E-state index contributed by atoms with van der Waals surface area (Å²) in [7, 11) is 3.76. The van der Waals surface area contributed by atoms with Crippen molar-refractivity contribution < 1.29 is 9.59 Å². The van der Waals surface area contributed by atoms with Gasteiger partial charge in [0.25, 0.3) is 0 Å². The van der Waals surface area contributed by atoms with E-state index in [2.05, 4.69) is 5.32 Å². The van der Waals surface area contributed by atoms with Gasteiger partial charge in [0.05, 0.1) is 0 Å². The molecule has 0 aromatic carbocycles. The summed E-state index contributed by atoms with van der Waals surface area (Å²) in [5.41, 5.74) is 1.16. The van der Waals surface area contributed by atoms with Crippen molar-refractivity contribution in [1.82, 2.24) is 14.8 Å². The monoisotopic (exact) mass is 263 g/mol. The molecule has 0 unspecified atom stereocenters. The van der Waals surface area contributed by atoms with Crippen LogP contribution in [0, 0.1) is 0 Å². The van der Waals surface area contributed by atoms with Gasteiger partial charge in [-0.15, -0.1) is 0 Å². The molecule has 1 aromatic heterocycles. The number of carbonyl (C=O) groups excluding carboxylic acids is 2. The van der Waals surface area contributed by atoms with E-state index in [9.17, 15) is 9.59 Å². The highest BCUT2D eigenvalue weighted by molar-refractivity contribution is 5.79. The normalized spacial score (nSPS) is 19.6. The maximum Gasteiger partial charge on any atom is 0.222 e. The van der Waals surface area contributed by atoms with Crippen LogP contribution in [0.3, 0.4) is 0 Å². The Bertz CT molecular complexity index is 467. The van der Waals surface area contributed by atoms with Gasteiger partial charge in [0.2, 0.25) is 11.8 Å². The lowest BCUT2D eigenvalue weighted by Gasteiger charge is -2.30. The molecule has 2 rings (SSSR count). The lowest BCUT2D eigenvalue weighted by Crippen LogP contribution is -2.48. The molecule has 1 atom stereocenters. The zero-order valence-corrected chi connectivity index (χ0v) is 11.6. The van der Waals surface area contributed by atoms with Crippen LogP contribution in [0.5, 0.6) is 0 Å². The highest BCUT2D eigenvalue weighted by Crippen LogP contribution is 2.10. The number of rotatable bonds is 4. The molecule has 1 aromatic rings. The number of nitrogens with zero attached hydrogens (tertiary/aromatic N) is 2. The van der Waals surface area contributed by atoms with Gasteiger partial charge in [-0.2, -0.15) is 0 Å². The summed E-state index contributed by atoms with van der Waals surface area (Å²) in [6, 6.07) is 4.11. The Morgan fingerprint density at radius 1 is 1.47 bits per heavy atom. The Morgan fingerprint density at radius 3 is 2.89 bits per heavy atom. The van der Waals surface area contributed by atoms with Gasteiger partial charge in [-0.3, -0.25) is 9.59 Å². The Hall–Kier alpha value is -1.78. The van der Waals surface area contributed by atoms with Crippen molar-refractivity contribution in [1.29, 1.82) is 0 Å². The summed E-state index contributed by atoms with van der Waals surface area (Å²) in [5.74, 6) is 0.225. The first-order valence-corrected chi connectivity index (χ1v) is 6.70. The maximum absolute atomic E-state index is 11.9. The fourth-order valence-electron chi connectivity index (χ4n) is 2.43. The van der Waals surface area contributed by atoms with Crippen molar-refractivity contribution in [2.75, 3.05) is 13.6 Å². The van der Waals surface area contributed by atoms with Crippen molar-refractivity contribution in [3.8, 4) is 0 Å². The molecule has 0 saturated carbocycles. The van der Waals surface area contributed by atoms with Crippen molar-refractivity contribution >= 4 is 11.8 Å². The van der Waals surface area contributed by atoms with Gasteiger partial charge in [0.1, 0.15) is 0 Å². The van der Waals surface area contributed by atoms with Crippen LogP contribution in [0.2, 0.25) is 0 Å². The molecular weight excluding hydrogens is 242 g/mol. The van der Waals surface area contributed by atoms with E-state index in [-0.39, 0.29) is 17.9 Å². The van der Waals surface area contributed by atoms with E-state index in [1.54, 1.807) is 11.9 Å². The smallest absolute Gasteiger partial charge is 0.222 e. The van der Waals surface area contributed by atoms with E-state index in [0.29, 0.717) is 19.4 Å². The lowest BCUT2D eigenvalue weighted by molar-refractivity contribution is -0.134. The number of piperidine rings is 1. The molecule has 104 valence electrons. The molecule has 2 amide bonds. The first kappa shape index (κ1) is 13.6. The highest BCUT2D eigenvalue weighted by Gasteiger charge is 2.23. The summed E-state index contributed by atoms with van der Waals surface area (Å²) < 4.78 is 2.03. The summed E-state index contributed by atoms with van der Waals surface area (Å²) in [6.45, 7) is 0.620. The number of amides is 2. The second-order valence-corrected chi connectivity index (χ2v) is 5.19. The van der Waals surface area contributed by atoms with Crippen molar-refractivity contribution in [2.45, 2.75) is 31.7 Å². The van der Waals surface area contributed by atoms with Crippen LogP contribution < -0.4 is 5.32 Å². The van der Waals surface area contributed by atoms with Crippen LogP contribution in [0.1, 0.15) is 25.0 Å². The topological polar surface area (TPSA) is 54.3 Å². The van der Waals surface area contributed by atoms with Gasteiger partial charge in [-0.25, -0.2) is 0 Å². The van der Waals surface area contributed by atoms with E-state index >= 15 is 0 Å². The SMILES string of the molecule is CN1C[C@@H](NC(=O)CCc2cccn2C)CCC1=O. The fraction of sp³-hybridized carbons (Fsp3) is 0.571. The summed E-state index contributed by atoms with van der Waals surface area (Å²) >= 11 is 0. The quantitative estimate of drug-likeness (QED) is 0.869. The molecule has 5 heteroatoms. The molecule has 1 fully saturated rings. The molecule has 1 saturated heterocycles. The van der Waals surface area contributed by atoms with Crippen molar-refractivity contribution in [3.05, 3.63) is 24.0 Å². The molecule has 19 heavy (non-hydrogen) atoms. The molecule has 1 aliphatic rings. The van der Waals surface area contributed by atoms with E-state index in [1.807, 2.05) is 29.9 Å². The minimum absolute atomic E-state index is 0.0638. The number of aromatic nitrogens is 1. The third-order valence-corrected chi connectivity index (χ3v) is 3.65. The zero-order chi connectivity index (χ0) is 13.8. The number of nitrogens with one attached hydrogen (secondary N) is 1. The van der Waals surface area contributed by atoms with Crippen LogP contribution >= 0.6 is 0 Å². The number of likely N-dealkylation sites (tertiary alicyclic amines) is 1. The zero-order valence-electron chi connectivity index (χ0n) is 11.6. The second kappa shape index (κ2) is 5.91. The average Bonchev–Trinajstić information content (AvgIpc) is 2.77. The van der Waals surface area contributed by atoms with Crippen molar-refractivity contribution in [3.63, 3.8) is 0 Å². The first-order valence-electron chi connectivity index (χ1n) is 6.70. The Kier molecular flexibility index (Phi) is 4.24. The van der Waals surface area contributed by atoms with Gasteiger partial charge in [0.15, 0.2) is 0 Å².